The summed E-state index contributed by atoms with van der Waals surface area (Å²) in [7, 11) is 3.49. The van der Waals surface area contributed by atoms with Crippen LogP contribution in [-0.2, 0) is 4.79 Å². The number of likely N-dealkylation sites (N-methyl/N-ethyl adjacent to an activating group) is 1. The van der Waals surface area contributed by atoms with E-state index in [0.29, 0.717) is 6.54 Å². The van der Waals surface area contributed by atoms with Gasteiger partial charge in [0.1, 0.15) is 11.8 Å². The normalized spacial score (nSPS) is 20.2. The van der Waals surface area contributed by atoms with E-state index in [1.165, 1.54) is 0 Å². The number of benzene rings is 1. The molecule has 1 heterocycles. The molecule has 1 fully saturated rings. The lowest BCUT2D eigenvalue weighted by Crippen LogP contribution is -2.55. The zero-order valence-corrected chi connectivity index (χ0v) is 11.2. The number of carbonyl (C=O) groups is 1. The molecule has 1 aromatic carbocycles. The van der Waals surface area contributed by atoms with Gasteiger partial charge in [0.2, 0.25) is 5.91 Å². The van der Waals surface area contributed by atoms with Crippen molar-refractivity contribution < 1.29 is 9.53 Å². The van der Waals surface area contributed by atoms with Gasteiger partial charge in [0.15, 0.2) is 0 Å². The number of amides is 1. The molecule has 1 aliphatic rings. The third-order valence-corrected chi connectivity index (χ3v) is 3.43. The maximum Gasteiger partial charge on any atom is 0.245 e. The summed E-state index contributed by atoms with van der Waals surface area (Å²) < 4.78 is 5.11. The van der Waals surface area contributed by atoms with Crippen molar-refractivity contribution in [3.05, 3.63) is 24.3 Å². The Kier molecular flexibility index (Phi) is 4.03. The van der Waals surface area contributed by atoms with E-state index in [1.54, 1.807) is 12.0 Å². The van der Waals surface area contributed by atoms with Crippen molar-refractivity contribution in [1.82, 2.24) is 4.90 Å². The highest BCUT2D eigenvalue weighted by Crippen LogP contribution is 2.23. The number of anilines is 1. The summed E-state index contributed by atoms with van der Waals surface area (Å²) in [5.41, 5.74) is 0.849. The van der Waals surface area contributed by atoms with Crippen molar-refractivity contribution in [3.63, 3.8) is 0 Å². The quantitative estimate of drug-likeness (QED) is 0.820. The maximum absolute atomic E-state index is 12.4. The van der Waals surface area contributed by atoms with E-state index < -0.39 is 0 Å². The van der Waals surface area contributed by atoms with Crippen LogP contribution >= 0.6 is 0 Å². The third kappa shape index (κ3) is 2.69. The summed E-state index contributed by atoms with van der Waals surface area (Å²) >= 11 is 0. The Labute approximate surface area is 113 Å². The molecule has 0 saturated carbocycles. The summed E-state index contributed by atoms with van der Waals surface area (Å²) in [6, 6.07) is 9.13. The first-order valence-electron chi connectivity index (χ1n) is 6.20. The van der Waals surface area contributed by atoms with Crippen LogP contribution in [0, 0.1) is 11.3 Å². The molecule has 2 rings (SSSR count). The molecule has 1 unspecified atom stereocenters. The minimum absolute atomic E-state index is 0.0135. The largest absolute Gasteiger partial charge is 0.497 e. The Morgan fingerprint density at radius 2 is 2.05 bits per heavy atom. The molecule has 1 aromatic rings. The van der Waals surface area contributed by atoms with Crippen LogP contribution in [0.15, 0.2) is 24.3 Å². The number of nitrogens with zero attached hydrogens (tertiary/aromatic N) is 3. The third-order valence-electron chi connectivity index (χ3n) is 3.43. The predicted octanol–water partition coefficient (Wildman–Crippen LogP) is 1.26. The van der Waals surface area contributed by atoms with Gasteiger partial charge in [-0.15, -0.1) is 0 Å². The van der Waals surface area contributed by atoms with Gasteiger partial charge in [0.05, 0.1) is 19.6 Å². The van der Waals surface area contributed by atoms with Gasteiger partial charge in [-0.05, 0) is 31.3 Å². The summed E-state index contributed by atoms with van der Waals surface area (Å²) in [6.45, 7) is 1.41. The van der Waals surface area contributed by atoms with E-state index in [0.717, 1.165) is 18.0 Å². The topological polar surface area (TPSA) is 56.6 Å². The molecule has 0 radical (unpaired) electrons. The number of ether oxygens (including phenoxy) is 1. The first-order valence-corrected chi connectivity index (χ1v) is 6.20. The van der Waals surface area contributed by atoms with Gasteiger partial charge in [-0.1, -0.05) is 0 Å². The summed E-state index contributed by atoms with van der Waals surface area (Å²) in [5.74, 6) is 0.749. The van der Waals surface area contributed by atoms with Crippen molar-refractivity contribution in [3.8, 4) is 11.8 Å². The van der Waals surface area contributed by atoms with Crippen molar-refractivity contribution in [2.24, 2.45) is 0 Å². The number of hydrogen-bond donors (Lipinski definition) is 0. The fourth-order valence-electron chi connectivity index (χ4n) is 2.24. The highest BCUT2D eigenvalue weighted by Gasteiger charge is 2.33. The Balaban J connectivity index is 2.19. The van der Waals surface area contributed by atoms with Gasteiger partial charge in [-0.3, -0.25) is 9.69 Å². The molecule has 1 atom stereocenters. The van der Waals surface area contributed by atoms with Gasteiger partial charge in [-0.25, -0.2) is 0 Å². The number of methoxy groups -OCH3 is 1. The van der Waals surface area contributed by atoms with E-state index in [9.17, 15) is 4.79 Å². The molecule has 1 aliphatic heterocycles. The number of piperazine rings is 1. The molecule has 1 saturated heterocycles. The summed E-state index contributed by atoms with van der Waals surface area (Å²) in [6.07, 6.45) is 0.224. The fourth-order valence-corrected chi connectivity index (χ4v) is 2.24. The van der Waals surface area contributed by atoms with Crippen LogP contribution in [0.4, 0.5) is 5.69 Å². The summed E-state index contributed by atoms with van der Waals surface area (Å²) in [5, 5.41) is 8.82. The van der Waals surface area contributed by atoms with Crippen LogP contribution < -0.4 is 9.64 Å². The van der Waals surface area contributed by atoms with Crippen LogP contribution in [0.25, 0.3) is 0 Å². The lowest BCUT2D eigenvalue weighted by Gasteiger charge is -2.37. The molecule has 100 valence electrons. The minimum Gasteiger partial charge on any atom is -0.497 e. The SMILES string of the molecule is COc1ccc(N2CCN(C)C(CC#N)C2=O)cc1. The lowest BCUT2D eigenvalue weighted by molar-refractivity contribution is -0.125. The van der Waals surface area contributed by atoms with Crippen LogP contribution in [0.5, 0.6) is 5.75 Å². The highest BCUT2D eigenvalue weighted by atomic mass is 16.5. The monoisotopic (exact) mass is 259 g/mol. The Hall–Kier alpha value is -2.06. The van der Waals surface area contributed by atoms with Crippen molar-refractivity contribution >= 4 is 11.6 Å². The fraction of sp³-hybridized carbons (Fsp3) is 0.429. The van der Waals surface area contributed by atoms with E-state index in [-0.39, 0.29) is 18.4 Å². The average Bonchev–Trinajstić information content (AvgIpc) is 2.44. The van der Waals surface area contributed by atoms with E-state index >= 15 is 0 Å². The van der Waals surface area contributed by atoms with Crippen LogP contribution in [0.3, 0.4) is 0 Å². The van der Waals surface area contributed by atoms with Gasteiger partial charge in [-0.2, -0.15) is 5.26 Å². The number of rotatable bonds is 3. The van der Waals surface area contributed by atoms with Gasteiger partial charge < -0.3 is 9.64 Å². The molecule has 5 heteroatoms. The number of hydrogen-bond acceptors (Lipinski definition) is 4. The average molecular weight is 259 g/mol. The first kappa shape index (κ1) is 13.4. The minimum atomic E-state index is -0.346. The van der Waals surface area contributed by atoms with Gasteiger partial charge in [0, 0.05) is 18.8 Å². The molecular weight excluding hydrogens is 242 g/mol. The maximum atomic E-state index is 12.4. The molecule has 0 N–H and O–H groups in total. The zero-order valence-electron chi connectivity index (χ0n) is 11.2. The molecular formula is C14H17N3O2. The Morgan fingerprint density at radius 1 is 1.37 bits per heavy atom. The Morgan fingerprint density at radius 3 is 2.63 bits per heavy atom. The van der Waals surface area contributed by atoms with E-state index in [4.69, 9.17) is 10.00 Å². The molecule has 1 amide bonds. The number of carbonyl (C=O) groups excluding carboxylic acids is 1. The van der Waals surface area contributed by atoms with Crippen LogP contribution in [0.1, 0.15) is 6.42 Å². The van der Waals surface area contributed by atoms with E-state index in [2.05, 4.69) is 6.07 Å². The van der Waals surface area contributed by atoms with E-state index in [1.807, 2.05) is 36.2 Å². The Bertz CT molecular complexity index is 492. The van der Waals surface area contributed by atoms with Crippen LogP contribution in [-0.4, -0.2) is 44.1 Å². The second kappa shape index (κ2) is 5.72. The predicted molar refractivity (Wildman–Crippen MR) is 72.0 cm³/mol. The second-order valence-electron chi connectivity index (χ2n) is 4.55. The molecule has 0 bridgehead atoms. The first-order chi connectivity index (χ1) is 9.17. The van der Waals surface area contributed by atoms with Gasteiger partial charge in [0.25, 0.3) is 0 Å². The lowest BCUT2D eigenvalue weighted by atomic mass is 10.1. The molecule has 0 spiro atoms. The molecule has 5 nitrogen and oxygen atoms in total. The summed E-state index contributed by atoms with van der Waals surface area (Å²) in [4.78, 5) is 16.1. The van der Waals surface area contributed by atoms with Crippen LogP contribution in [0.2, 0.25) is 0 Å². The zero-order chi connectivity index (χ0) is 13.8. The highest BCUT2D eigenvalue weighted by molar-refractivity contribution is 5.98. The van der Waals surface area contributed by atoms with Crippen molar-refractivity contribution in [2.75, 3.05) is 32.1 Å². The van der Waals surface area contributed by atoms with Crippen molar-refractivity contribution in [1.29, 1.82) is 5.26 Å². The number of nitriles is 1. The van der Waals surface area contributed by atoms with Gasteiger partial charge >= 0.3 is 0 Å². The molecule has 19 heavy (non-hydrogen) atoms. The molecule has 0 aromatic heterocycles. The standard InChI is InChI=1S/C14H17N3O2/c1-16-9-10-17(14(18)13(16)7-8-15)11-3-5-12(19-2)6-4-11/h3-6,13H,7,9-10H2,1-2H3. The molecule has 0 aliphatic carbocycles. The smallest absolute Gasteiger partial charge is 0.245 e. The second-order valence-corrected chi connectivity index (χ2v) is 4.55. The van der Waals surface area contributed by atoms with Crippen molar-refractivity contribution in [2.45, 2.75) is 12.5 Å².